The summed E-state index contributed by atoms with van der Waals surface area (Å²) >= 11 is 10.5. The van der Waals surface area contributed by atoms with Gasteiger partial charge in [0.15, 0.2) is 6.61 Å². The van der Waals surface area contributed by atoms with Crippen LogP contribution in [0.25, 0.3) is 0 Å². The normalized spacial score (nSPS) is 29.7. The zero-order valence-electron chi connectivity index (χ0n) is 17.1. The molecule has 12 heteroatoms. The first-order chi connectivity index (χ1) is 15.7. The van der Waals surface area contributed by atoms with Crippen molar-refractivity contribution in [2.75, 3.05) is 13.2 Å². The molecule has 1 aromatic carbocycles. The second-order valence-electron chi connectivity index (χ2n) is 8.25. The molecule has 33 heavy (non-hydrogen) atoms. The van der Waals surface area contributed by atoms with E-state index < -0.39 is 24.4 Å². The average Bonchev–Trinajstić information content (AvgIpc) is 3.40. The third kappa shape index (κ3) is 4.74. The van der Waals surface area contributed by atoms with E-state index in [0.29, 0.717) is 5.56 Å². The Labute approximate surface area is 214 Å². The molecule has 0 radical (unpaired) electrons. The molecule has 0 aromatic heterocycles. The molecule has 2 N–H and O–H groups in total. The van der Waals surface area contributed by atoms with E-state index in [1.807, 2.05) is 0 Å². The van der Waals surface area contributed by atoms with Gasteiger partial charge in [0, 0.05) is 26.2 Å². The predicted molar refractivity (Wildman–Crippen MR) is 126 cm³/mol. The maximum Gasteiger partial charge on any atom is 0.308 e. The number of carbonyl (C=O) groups is 5. The number of esters is 1. The van der Waals surface area contributed by atoms with Crippen LogP contribution < -0.4 is 10.9 Å². The van der Waals surface area contributed by atoms with Crippen LogP contribution in [-0.2, 0) is 23.9 Å². The summed E-state index contributed by atoms with van der Waals surface area (Å²) < 4.78 is 5.71. The topological polar surface area (TPSA) is 122 Å². The number of rotatable bonds is 6. The third-order valence-electron chi connectivity index (χ3n) is 6.40. The van der Waals surface area contributed by atoms with Gasteiger partial charge in [0.25, 0.3) is 11.8 Å². The summed E-state index contributed by atoms with van der Waals surface area (Å²) in [4.78, 5) is 62.9. The van der Waals surface area contributed by atoms with E-state index in [4.69, 9.17) is 4.74 Å². The Morgan fingerprint density at radius 1 is 0.970 bits per heavy atom. The Morgan fingerprint density at radius 3 is 2.12 bits per heavy atom. The highest BCUT2D eigenvalue weighted by Crippen LogP contribution is 2.60. The van der Waals surface area contributed by atoms with Crippen LogP contribution in [0, 0.1) is 23.7 Å². The molecule has 176 valence electrons. The van der Waals surface area contributed by atoms with Crippen molar-refractivity contribution in [3.8, 4) is 0 Å². The Morgan fingerprint density at radius 2 is 1.55 bits per heavy atom. The summed E-state index contributed by atoms with van der Waals surface area (Å²) in [6.45, 7) is -0.682. The smallest absolute Gasteiger partial charge is 0.308 e. The van der Waals surface area contributed by atoms with Gasteiger partial charge in [0.2, 0.25) is 11.8 Å². The standard InChI is InChI=1S/C21H20Br3N3O6/c22-10-3-1-9(2-4-10)19(30)26-25-13(28)8-33-14(29)5-6-27-20(31)15-11-7-12(16(15)21(27)32)18(24)17(11)23/h1-4,11-12,15-18H,5-8H2,(H,25,28)(H,26,30)/t11-,12-,15-,16+,17-,18+/m1/s1. The number of hydrogen-bond acceptors (Lipinski definition) is 6. The van der Waals surface area contributed by atoms with Crippen molar-refractivity contribution in [2.45, 2.75) is 22.5 Å². The molecular weight excluding hydrogens is 630 g/mol. The van der Waals surface area contributed by atoms with Crippen molar-refractivity contribution in [3.63, 3.8) is 0 Å². The Kier molecular flexibility index (Phi) is 7.25. The van der Waals surface area contributed by atoms with E-state index in [1.165, 1.54) is 0 Å². The van der Waals surface area contributed by atoms with E-state index in [9.17, 15) is 24.0 Å². The van der Waals surface area contributed by atoms with Crippen molar-refractivity contribution in [1.29, 1.82) is 0 Å². The zero-order valence-corrected chi connectivity index (χ0v) is 21.9. The largest absolute Gasteiger partial charge is 0.455 e. The van der Waals surface area contributed by atoms with Gasteiger partial charge in [-0.15, -0.1) is 0 Å². The third-order valence-corrected chi connectivity index (χ3v) is 10.1. The number of hydrazine groups is 1. The minimum absolute atomic E-state index is 0.0786. The molecule has 4 amide bonds. The van der Waals surface area contributed by atoms with Crippen LogP contribution in [0.15, 0.2) is 28.7 Å². The molecule has 9 nitrogen and oxygen atoms in total. The maximum absolute atomic E-state index is 12.8. The van der Waals surface area contributed by atoms with Crippen molar-refractivity contribution in [2.24, 2.45) is 23.7 Å². The van der Waals surface area contributed by atoms with Gasteiger partial charge in [-0.2, -0.15) is 0 Å². The van der Waals surface area contributed by atoms with E-state index in [-0.39, 0.29) is 58.1 Å². The summed E-state index contributed by atoms with van der Waals surface area (Å²) in [7, 11) is 0. The Hall–Kier alpha value is -1.79. The van der Waals surface area contributed by atoms with Crippen LogP contribution in [0.2, 0.25) is 0 Å². The van der Waals surface area contributed by atoms with Gasteiger partial charge in [0.05, 0.1) is 18.3 Å². The number of imide groups is 1. The SMILES string of the molecule is O=C(COC(=O)CCN1C(=O)[C@@H]2[C@H]3C[C@@H]([C@H](Br)[C@@H]3Br)[C@@H]2C1=O)NNC(=O)c1ccc(Br)cc1. The molecule has 0 unspecified atom stereocenters. The van der Waals surface area contributed by atoms with Gasteiger partial charge in [0.1, 0.15) is 0 Å². The second-order valence-corrected chi connectivity index (χ2v) is 11.3. The number of nitrogens with one attached hydrogen (secondary N) is 2. The van der Waals surface area contributed by atoms with Crippen molar-refractivity contribution < 1.29 is 28.7 Å². The van der Waals surface area contributed by atoms with Gasteiger partial charge in [-0.1, -0.05) is 47.8 Å². The molecule has 0 spiro atoms. The molecule has 3 aliphatic rings. The van der Waals surface area contributed by atoms with E-state index in [2.05, 4.69) is 58.6 Å². The minimum Gasteiger partial charge on any atom is -0.455 e. The lowest BCUT2D eigenvalue weighted by atomic mass is 9.81. The fraction of sp³-hybridized carbons (Fsp3) is 0.476. The van der Waals surface area contributed by atoms with E-state index >= 15 is 0 Å². The summed E-state index contributed by atoms with van der Waals surface area (Å²) in [5.74, 6) is -2.90. The van der Waals surface area contributed by atoms with Crippen LogP contribution in [0.3, 0.4) is 0 Å². The summed E-state index contributed by atoms with van der Waals surface area (Å²) in [5.41, 5.74) is 4.72. The maximum atomic E-state index is 12.8. The highest BCUT2D eigenvalue weighted by molar-refractivity contribution is 9.12. The number of amides is 4. The number of alkyl halides is 2. The number of nitrogens with zero attached hydrogens (tertiary/aromatic N) is 1. The highest BCUT2D eigenvalue weighted by atomic mass is 79.9. The molecule has 1 saturated heterocycles. The number of halogens is 3. The zero-order chi connectivity index (χ0) is 23.9. The van der Waals surface area contributed by atoms with Crippen LogP contribution in [0.5, 0.6) is 0 Å². The average molecular weight is 650 g/mol. The first kappa shape index (κ1) is 24.3. The number of carbonyl (C=O) groups excluding carboxylic acids is 5. The van der Waals surface area contributed by atoms with Crippen molar-refractivity contribution in [3.05, 3.63) is 34.3 Å². The first-order valence-electron chi connectivity index (χ1n) is 10.3. The van der Waals surface area contributed by atoms with Gasteiger partial charge in [-0.05, 0) is 42.5 Å². The lowest BCUT2D eigenvalue weighted by molar-refractivity contribution is -0.150. The molecule has 6 atom stereocenters. The summed E-state index contributed by atoms with van der Waals surface area (Å²) in [6, 6.07) is 6.51. The highest BCUT2D eigenvalue weighted by Gasteiger charge is 2.66. The van der Waals surface area contributed by atoms with Crippen LogP contribution >= 0.6 is 47.8 Å². The Bertz CT molecular complexity index is 971. The van der Waals surface area contributed by atoms with Crippen molar-refractivity contribution in [1.82, 2.24) is 15.8 Å². The fourth-order valence-corrected chi connectivity index (χ4v) is 7.03. The monoisotopic (exact) mass is 647 g/mol. The molecule has 4 rings (SSSR count). The summed E-state index contributed by atoms with van der Waals surface area (Å²) in [6.07, 6.45) is 0.627. The summed E-state index contributed by atoms with van der Waals surface area (Å²) in [5, 5.41) is 0. The minimum atomic E-state index is -0.722. The first-order valence-corrected chi connectivity index (χ1v) is 12.9. The quantitative estimate of drug-likeness (QED) is 0.210. The number of ether oxygens (including phenoxy) is 1. The van der Waals surface area contributed by atoms with Crippen LogP contribution in [0.4, 0.5) is 0 Å². The van der Waals surface area contributed by atoms with Gasteiger partial charge < -0.3 is 4.74 Å². The molecule has 2 bridgehead atoms. The second kappa shape index (κ2) is 9.83. The van der Waals surface area contributed by atoms with E-state index in [0.717, 1.165) is 15.8 Å². The molecule has 1 aromatic rings. The van der Waals surface area contributed by atoms with E-state index in [1.54, 1.807) is 24.3 Å². The molecular formula is C21H20Br3N3O6. The number of likely N-dealkylation sites (tertiary alicyclic amines) is 1. The molecule has 2 saturated carbocycles. The Balaban J connectivity index is 1.20. The number of hydrogen-bond donors (Lipinski definition) is 2. The molecule has 1 heterocycles. The lowest BCUT2D eigenvalue weighted by Crippen LogP contribution is -2.43. The van der Waals surface area contributed by atoms with Gasteiger partial charge in [-0.3, -0.25) is 39.7 Å². The number of fused-ring (bicyclic) bond motifs is 5. The fourth-order valence-electron chi connectivity index (χ4n) is 4.89. The molecule has 1 aliphatic heterocycles. The van der Waals surface area contributed by atoms with Crippen LogP contribution in [0.1, 0.15) is 23.2 Å². The predicted octanol–water partition coefficient (Wildman–Crippen LogP) is 1.92. The number of benzene rings is 1. The van der Waals surface area contributed by atoms with Gasteiger partial charge in [-0.25, -0.2) is 0 Å². The van der Waals surface area contributed by atoms with Crippen molar-refractivity contribution >= 4 is 77.4 Å². The van der Waals surface area contributed by atoms with Crippen LogP contribution in [-0.4, -0.2) is 57.3 Å². The lowest BCUT2D eigenvalue weighted by Gasteiger charge is -2.28. The molecule has 2 aliphatic carbocycles. The van der Waals surface area contributed by atoms with Gasteiger partial charge >= 0.3 is 5.97 Å². The molecule has 3 fully saturated rings.